The summed E-state index contributed by atoms with van der Waals surface area (Å²) in [7, 11) is 12.5. The molecule has 0 saturated carbocycles. The Morgan fingerprint density at radius 3 is 1.57 bits per heavy atom. The Labute approximate surface area is 280 Å². The third-order valence-corrected chi connectivity index (χ3v) is 18.4. The van der Waals surface area contributed by atoms with E-state index in [1.54, 1.807) is 47.0 Å². The molecular formula is C34H44Cl4Zr2. The van der Waals surface area contributed by atoms with Crippen molar-refractivity contribution >= 4 is 23.1 Å². The van der Waals surface area contributed by atoms with Crippen LogP contribution >= 0.6 is 17.0 Å². The first kappa shape index (κ1) is 38.4. The zero-order chi connectivity index (χ0) is 28.6. The molecule has 0 aromatic heterocycles. The third kappa shape index (κ3) is 8.49. The number of rotatable bonds is 2. The SMILES string of the molecule is CC1=C(C)C(C)C(C2=C(C)C(C)=C(C)C2C)=C1C.[CH3][Zr]([CH3])([Cl])([Cl])[C]1=CC=CC1.[Cl-].[Cl-].[Zr+2][CH]1C=Cc2ccccc21. The van der Waals surface area contributed by atoms with Crippen LogP contribution in [0.4, 0.5) is 0 Å². The van der Waals surface area contributed by atoms with E-state index < -0.39 is 16.4 Å². The fourth-order valence-corrected chi connectivity index (χ4v) is 11.4. The number of allylic oxidation sites excluding steroid dienone is 13. The van der Waals surface area contributed by atoms with Gasteiger partial charge in [-0.3, -0.25) is 0 Å². The summed E-state index contributed by atoms with van der Waals surface area (Å²) in [5.41, 5.74) is 15.3. The summed E-state index contributed by atoms with van der Waals surface area (Å²) in [6, 6.07) is 8.60. The van der Waals surface area contributed by atoms with Crippen LogP contribution in [0.5, 0.6) is 0 Å². The molecular weight excluding hydrogens is 733 g/mol. The molecule has 0 saturated heterocycles. The molecule has 0 aliphatic heterocycles. The van der Waals surface area contributed by atoms with E-state index in [2.05, 4.69) is 104 Å². The average molecular weight is 777 g/mol. The summed E-state index contributed by atoms with van der Waals surface area (Å²) < 4.78 is 6.01. The van der Waals surface area contributed by atoms with Crippen LogP contribution in [-0.2, 0) is 41.1 Å². The number of hydrogen-bond donors (Lipinski definition) is 0. The van der Waals surface area contributed by atoms with Gasteiger partial charge in [0.2, 0.25) is 0 Å². The molecule has 0 heterocycles. The van der Waals surface area contributed by atoms with Gasteiger partial charge in [0, 0.05) is 11.8 Å². The standard InChI is InChI=1S/C18H26.C9H7.C5H5.2CH3.4ClH.2Zr/c1-9-10(2)14(6)17(13(9)5)18-15(7)11(3)12(4)16(18)8;1-2-5-9-7-3-6-8(9)4-1;1-2-4-5-3-1;;;;;;;;/h13,15H,1-8H3;1-7H;1-3H,4H2;2*1H3;4*1H;;/q;;;;;;;;;2*+2/p-4. The first-order valence-electron chi connectivity index (χ1n) is 13.8. The minimum absolute atomic E-state index is 0. The molecule has 0 radical (unpaired) electrons. The second-order valence-electron chi connectivity index (χ2n) is 11.9. The second kappa shape index (κ2) is 14.9. The van der Waals surface area contributed by atoms with E-state index in [0.29, 0.717) is 15.5 Å². The van der Waals surface area contributed by atoms with Crippen LogP contribution in [0.25, 0.3) is 6.08 Å². The molecule has 0 amide bonds. The van der Waals surface area contributed by atoms with E-state index in [-0.39, 0.29) is 24.8 Å². The van der Waals surface area contributed by atoms with Crippen LogP contribution in [0.2, 0.25) is 9.26 Å². The van der Waals surface area contributed by atoms with Crippen molar-refractivity contribution in [3.63, 3.8) is 0 Å². The Balaban J connectivity index is 0.000000313. The molecule has 216 valence electrons. The molecule has 6 heteroatoms. The molecule has 4 aliphatic carbocycles. The molecule has 3 atom stereocenters. The molecule has 0 spiro atoms. The first-order chi connectivity index (χ1) is 17.5. The van der Waals surface area contributed by atoms with Crippen molar-refractivity contribution in [1.82, 2.24) is 0 Å². The molecule has 1 aromatic rings. The summed E-state index contributed by atoms with van der Waals surface area (Å²) >= 11 is -1.67. The van der Waals surface area contributed by atoms with Crippen molar-refractivity contribution in [3.05, 3.63) is 108 Å². The summed E-state index contributed by atoms with van der Waals surface area (Å²) in [5.74, 6) is 1.19. The number of hydrogen-bond acceptors (Lipinski definition) is 0. The van der Waals surface area contributed by atoms with Gasteiger partial charge in [0.05, 0.1) is 0 Å². The minimum atomic E-state index is -3.26. The van der Waals surface area contributed by atoms with Crippen LogP contribution in [0.15, 0.2) is 96.4 Å². The van der Waals surface area contributed by atoms with Gasteiger partial charge in [-0.05, 0) is 75.0 Å². The Morgan fingerprint density at radius 2 is 1.25 bits per heavy atom. The monoisotopic (exact) mass is 772 g/mol. The van der Waals surface area contributed by atoms with Gasteiger partial charge in [-0.25, -0.2) is 0 Å². The maximum absolute atomic E-state index is 6.26. The van der Waals surface area contributed by atoms with E-state index in [1.165, 1.54) is 36.7 Å². The van der Waals surface area contributed by atoms with Gasteiger partial charge in [-0.15, -0.1) is 0 Å². The quantitative estimate of drug-likeness (QED) is 0.356. The molecule has 5 rings (SSSR count). The van der Waals surface area contributed by atoms with E-state index in [4.69, 9.17) is 17.0 Å². The summed E-state index contributed by atoms with van der Waals surface area (Å²) in [6.07, 6.45) is 11.6. The van der Waals surface area contributed by atoms with Gasteiger partial charge in [-0.1, -0.05) is 25.0 Å². The second-order valence-corrected chi connectivity index (χ2v) is 39.5. The molecule has 0 bridgehead atoms. The molecule has 40 heavy (non-hydrogen) atoms. The zero-order valence-corrected chi connectivity index (χ0v) is 33.6. The molecule has 1 aromatic carbocycles. The Kier molecular flexibility index (Phi) is 14.3. The molecule has 0 N–H and O–H groups in total. The first-order valence-corrected chi connectivity index (χ1v) is 27.7. The number of fused-ring (bicyclic) bond motifs is 1. The average Bonchev–Trinajstić information content (AvgIpc) is 3.61. The molecule has 0 fully saturated rings. The van der Waals surface area contributed by atoms with Gasteiger partial charge < -0.3 is 24.8 Å². The van der Waals surface area contributed by atoms with E-state index in [9.17, 15) is 0 Å². The van der Waals surface area contributed by atoms with Gasteiger partial charge in [0.1, 0.15) is 0 Å². The van der Waals surface area contributed by atoms with Crippen LogP contribution < -0.4 is 24.8 Å². The van der Waals surface area contributed by atoms with Crippen LogP contribution in [-0.4, -0.2) is 0 Å². The van der Waals surface area contributed by atoms with Crippen molar-refractivity contribution in [2.45, 2.75) is 74.7 Å². The van der Waals surface area contributed by atoms with Crippen LogP contribution in [0, 0.1) is 11.8 Å². The Hall–Kier alpha value is 0.326. The summed E-state index contributed by atoms with van der Waals surface area (Å²) in [6.45, 7) is 18.5. The van der Waals surface area contributed by atoms with Crippen LogP contribution in [0.1, 0.15) is 76.6 Å². The van der Waals surface area contributed by atoms with Gasteiger partial charge in [-0.2, -0.15) is 0 Å². The Bertz CT molecular complexity index is 1280. The van der Waals surface area contributed by atoms with Crippen molar-refractivity contribution in [2.24, 2.45) is 11.8 Å². The van der Waals surface area contributed by atoms with Crippen molar-refractivity contribution < 1.29 is 65.9 Å². The fourth-order valence-electron chi connectivity index (χ4n) is 5.81. The number of halogens is 4. The normalized spacial score (nSPS) is 24.0. The van der Waals surface area contributed by atoms with Gasteiger partial charge in [0.25, 0.3) is 0 Å². The fraction of sp³-hybridized carbons (Fsp3) is 0.412. The van der Waals surface area contributed by atoms with Gasteiger partial charge in [0.15, 0.2) is 0 Å². The summed E-state index contributed by atoms with van der Waals surface area (Å²) in [4.78, 5) is 0. The van der Waals surface area contributed by atoms with Crippen molar-refractivity contribution in [3.8, 4) is 0 Å². The Morgan fingerprint density at radius 1 is 0.775 bits per heavy atom. The van der Waals surface area contributed by atoms with E-state index in [0.717, 1.165) is 6.42 Å². The van der Waals surface area contributed by atoms with E-state index in [1.807, 2.05) is 15.3 Å². The van der Waals surface area contributed by atoms with Crippen LogP contribution in [0.3, 0.4) is 0 Å². The van der Waals surface area contributed by atoms with E-state index >= 15 is 0 Å². The third-order valence-electron chi connectivity index (χ3n) is 9.03. The number of benzene rings is 1. The predicted octanol–water partition coefficient (Wildman–Crippen LogP) is 5.82. The molecule has 0 nitrogen and oxygen atoms in total. The maximum atomic E-state index is 6.26. The topological polar surface area (TPSA) is 0 Å². The predicted molar refractivity (Wildman–Crippen MR) is 164 cm³/mol. The zero-order valence-electron chi connectivity index (χ0n) is 25.6. The molecule has 3 unspecified atom stereocenters. The van der Waals surface area contributed by atoms with Crippen molar-refractivity contribution in [1.29, 1.82) is 0 Å². The summed E-state index contributed by atoms with van der Waals surface area (Å²) in [5, 5.41) is 0. The van der Waals surface area contributed by atoms with Gasteiger partial charge >= 0.3 is 147 Å². The van der Waals surface area contributed by atoms with Crippen molar-refractivity contribution in [2.75, 3.05) is 0 Å². The molecule has 4 aliphatic rings.